The Morgan fingerprint density at radius 1 is 1.31 bits per heavy atom. The molecule has 16 heavy (non-hydrogen) atoms. The van der Waals surface area contributed by atoms with Gasteiger partial charge in [0, 0.05) is 32.7 Å². The lowest BCUT2D eigenvalue weighted by Crippen LogP contribution is -2.16. The molecule has 1 aliphatic rings. The first-order chi connectivity index (χ1) is 6.77. The quantitative estimate of drug-likeness (QED) is 0.834. The summed E-state index contributed by atoms with van der Waals surface area (Å²) in [6, 6.07) is 4.07. The summed E-state index contributed by atoms with van der Waals surface area (Å²) in [6.45, 7) is 2.42. The first kappa shape index (κ1) is 15.7. The molecule has 0 unspecified atom stereocenters. The predicted octanol–water partition coefficient (Wildman–Crippen LogP) is 1.79. The van der Waals surface area contributed by atoms with Crippen LogP contribution in [0.4, 0.5) is 5.82 Å². The number of rotatable bonds is 1. The average molecular weight is 355 g/mol. The number of pyridine rings is 1. The number of halogens is 2. The van der Waals surface area contributed by atoms with Gasteiger partial charge in [-0.15, -0.1) is 34.0 Å². The molecule has 0 aliphatic carbocycles. The van der Waals surface area contributed by atoms with E-state index in [4.69, 9.17) is 4.74 Å². The van der Waals surface area contributed by atoms with Crippen molar-refractivity contribution in [2.24, 2.45) is 0 Å². The van der Waals surface area contributed by atoms with E-state index in [1.165, 1.54) is 0 Å². The Bertz CT molecular complexity index is 334. The van der Waals surface area contributed by atoms with Gasteiger partial charge < -0.3 is 15.0 Å². The lowest BCUT2D eigenvalue weighted by atomic mass is 10.2. The molecule has 6 heteroatoms. The summed E-state index contributed by atoms with van der Waals surface area (Å²) < 4.78 is 5.54. The Balaban J connectivity index is 0.00000112. The highest BCUT2D eigenvalue weighted by atomic mass is 79.9. The normalized spacial score (nSPS) is 13.4. The van der Waals surface area contributed by atoms with E-state index in [-0.39, 0.29) is 34.0 Å². The van der Waals surface area contributed by atoms with Crippen molar-refractivity contribution >= 4 is 39.8 Å². The van der Waals surface area contributed by atoms with E-state index in [0.717, 1.165) is 30.4 Å². The number of ether oxygens (including phenoxy) is 1. The number of nitrogens with one attached hydrogen (secondary N) is 1. The van der Waals surface area contributed by atoms with Crippen LogP contribution in [-0.4, -0.2) is 32.2 Å². The van der Waals surface area contributed by atoms with Crippen LogP contribution in [0, 0.1) is 0 Å². The molecular formula is C10H17Br2N3O. The van der Waals surface area contributed by atoms with Crippen LogP contribution in [0.3, 0.4) is 0 Å². The van der Waals surface area contributed by atoms with Crippen molar-refractivity contribution in [3.8, 4) is 5.88 Å². The Kier molecular flexibility index (Phi) is 6.94. The molecule has 0 bridgehead atoms. The summed E-state index contributed by atoms with van der Waals surface area (Å²) in [4.78, 5) is 6.41. The Morgan fingerprint density at radius 2 is 2.06 bits per heavy atom. The van der Waals surface area contributed by atoms with Crippen molar-refractivity contribution in [2.45, 2.75) is 6.54 Å². The average Bonchev–Trinajstić information content (AvgIpc) is 2.41. The van der Waals surface area contributed by atoms with Crippen LogP contribution in [0.5, 0.6) is 5.88 Å². The van der Waals surface area contributed by atoms with E-state index in [1.54, 1.807) is 0 Å². The zero-order valence-corrected chi connectivity index (χ0v) is 12.8. The van der Waals surface area contributed by atoms with Gasteiger partial charge in [0.1, 0.15) is 12.4 Å². The zero-order valence-electron chi connectivity index (χ0n) is 9.40. The largest absolute Gasteiger partial charge is 0.476 e. The molecule has 2 heterocycles. The maximum absolute atomic E-state index is 5.54. The van der Waals surface area contributed by atoms with E-state index in [9.17, 15) is 0 Å². The topological polar surface area (TPSA) is 37.4 Å². The molecule has 0 aromatic carbocycles. The molecule has 0 spiro atoms. The summed E-state index contributed by atoms with van der Waals surface area (Å²) in [5.74, 6) is 1.70. The third kappa shape index (κ3) is 3.61. The number of nitrogens with zero attached hydrogens (tertiary/aromatic N) is 2. The third-order valence-corrected chi connectivity index (χ3v) is 2.22. The van der Waals surface area contributed by atoms with Gasteiger partial charge in [0.05, 0.1) is 0 Å². The van der Waals surface area contributed by atoms with Gasteiger partial charge >= 0.3 is 0 Å². The second kappa shape index (κ2) is 7.09. The second-order valence-electron chi connectivity index (χ2n) is 3.55. The molecule has 1 aliphatic heterocycles. The van der Waals surface area contributed by atoms with Gasteiger partial charge in [-0.2, -0.15) is 4.98 Å². The van der Waals surface area contributed by atoms with Crippen molar-refractivity contribution in [3.05, 3.63) is 17.7 Å². The van der Waals surface area contributed by atoms with Crippen LogP contribution in [0.25, 0.3) is 0 Å². The van der Waals surface area contributed by atoms with Crippen molar-refractivity contribution in [1.82, 2.24) is 10.3 Å². The zero-order chi connectivity index (χ0) is 9.97. The van der Waals surface area contributed by atoms with E-state index in [1.807, 2.05) is 25.1 Å². The fraction of sp³-hybridized carbons (Fsp3) is 0.500. The summed E-state index contributed by atoms with van der Waals surface area (Å²) >= 11 is 0. The minimum Gasteiger partial charge on any atom is -0.476 e. The Hall–Kier alpha value is -0.330. The maximum Gasteiger partial charge on any atom is 0.219 e. The van der Waals surface area contributed by atoms with Crippen LogP contribution in [-0.2, 0) is 6.54 Å². The van der Waals surface area contributed by atoms with Crippen LogP contribution in [0.2, 0.25) is 0 Å². The summed E-state index contributed by atoms with van der Waals surface area (Å²) in [5, 5.41) is 3.27. The molecule has 0 radical (unpaired) electrons. The monoisotopic (exact) mass is 353 g/mol. The molecule has 1 N–H and O–H groups in total. The molecular weight excluding hydrogens is 338 g/mol. The van der Waals surface area contributed by atoms with E-state index in [2.05, 4.69) is 16.4 Å². The van der Waals surface area contributed by atoms with Crippen LogP contribution >= 0.6 is 34.0 Å². The van der Waals surface area contributed by atoms with Gasteiger partial charge in [-0.3, -0.25) is 0 Å². The Morgan fingerprint density at radius 3 is 2.75 bits per heavy atom. The van der Waals surface area contributed by atoms with Gasteiger partial charge in [-0.25, -0.2) is 0 Å². The smallest absolute Gasteiger partial charge is 0.219 e. The fourth-order valence-electron chi connectivity index (χ4n) is 1.41. The van der Waals surface area contributed by atoms with Gasteiger partial charge in [-0.05, 0) is 12.1 Å². The number of hydrogen-bond donors (Lipinski definition) is 1. The molecule has 4 nitrogen and oxygen atoms in total. The minimum absolute atomic E-state index is 0. The van der Waals surface area contributed by atoms with Crippen molar-refractivity contribution in [1.29, 1.82) is 0 Å². The highest BCUT2D eigenvalue weighted by molar-refractivity contribution is 8.93. The molecule has 2 rings (SSSR count). The fourth-order valence-corrected chi connectivity index (χ4v) is 1.41. The van der Waals surface area contributed by atoms with Crippen molar-refractivity contribution < 1.29 is 4.74 Å². The van der Waals surface area contributed by atoms with Gasteiger partial charge in [0.25, 0.3) is 0 Å². The number of fused-ring (bicyclic) bond motifs is 1. The molecule has 0 saturated heterocycles. The lowest BCUT2D eigenvalue weighted by Gasteiger charge is -2.13. The number of anilines is 1. The molecule has 92 valence electrons. The Labute approximate surface area is 117 Å². The molecule has 0 amide bonds. The summed E-state index contributed by atoms with van der Waals surface area (Å²) in [6.07, 6.45) is 0. The molecule has 0 atom stereocenters. The van der Waals surface area contributed by atoms with E-state index < -0.39 is 0 Å². The van der Waals surface area contributed by atoms with Crippen LogP contribution in [0.1, 0.15) is 5.56 Å². The summed E-state index contributed by atoms with van der Waals surface area (Å²) in [7, 11) is 3.95. The summed E-state index contributed by atoms with van der Waals surface area (Å²) in [5.41, 5.74) is 1.13. The lowest BCUT2D eigenvalue weighted by molar-refractivity contribution is 0.314. The molecule has 1 aromatic rings. The first-order valence-electron chi connectivity index (χ1n) is 4.78. The standard InChI is InChI=1S/C10H15N3O.2BrH/c1-13(2)9-4-3-8-7-11-5-6-14-10(8)12-9;;/h3-4,11H,5-7H2,1-2H3;2*1H. The molecule has 0 saturated carbocycles. The first-order valence-corrected chi connectivity index (χ1v) is 4.78. The maximum atomic E-state index is 5.54. The van der Waals surface area contributed by atoms with E-state index >= 15 is 0 Å². The van der Waals surface area contributed by atoms with Crippen LogP contribution in [0.15, 0.2) is 12.1 Å². The molecule has 1 aromatic heterocycles. The van der Waals surface area contributed by atoms with Gasteiger partial charge in [0.15, 0.2) is 0 Å². The number of aromatic nitrogens is 1. The SMILES string of the molecule is Br.Br.CN(C)c1ccc2c(n1)OCCNC2. The highest BCUT2D eigenvalue weighted by Gasteiger charge is 2.10. The van der Waals surface area contributed by atoms with Crippen molar-refractivity contribution in [3.63, 3.8) is 0 Å². The number of hydrogen-bond acceptors (Lipinski definition) is 4. The van der Waals surface area contributed by atoms with E-state index in [0.29, 0.717) is 6.61 Å². The second-order valence-corrected chi connectivity index (χ2v) is 3.55. The predicted molar refractivity (Wildman–Crippen MR) is 76.4 cm³/mol. The minimum atomic E-state index is 0. The van der Waals surface area contributed by atoms with Crippen LogP contribution < -0.4 is 15.0 Å². The van der Waals surface area contributed by atoms with Gasteiger partial charge in [-0.1, -0.05) is 0 Å². The van der Waals surface area contributed by atoms with Gasteiger partial charge in [0.2, 0.25) is 5.88 Å². The van der Waals surface area contributed by atoms with Crippen molar-refractivity contribution in [2.75, 3.05) is 32.1 Å². The molecule has 0 fully saturated rings. The highest BCUT2D eigenvalue weighted by Crippen LogP contribution is 2.21. The third-order valence-electron chi connectivity index (χ3n) is 2.22.